The van der Waals surface area contributed by atoms with E-state index in [0.29, 0.717) is 21.9 Å². The van der Waals surface area contributed by atoms with Gasteiger partial charge in [-0.15, -0.1) is 11.3 Å². The topological polar surface area (TPSA) is 121 Å². The minimum Gasteiger partial charge on any atom is -0.367 e. The maximum absolute atomic E-state index is 12.8. The van der Waals surface area contributed by atoms with Crippen LogP contribution < -0.4 is 21.2 Å². The molecule has 0 atom stereocenters. The summed E-state index contributed by atoms with van der Waals surface area (Å²) in [6.45, 7) is 3.48. The number of hydrogen-bond donors (Lipinski definition) is 3. The van der Waals surface area contributed by atoms with E-state index in [1.807, 2.05) is 6.07 Å². The average molecular weight is 439 g/mol. The van der Waals surface area contributed by atoms with Gasteiger partial charge >= 0.3 is 5.69 Å². The van der Waals surface area contributed by atoms with E-state index in [1.165, 1.54) is 15.9 Å². The van der Waals surface area contributed by atoms with Crippen LogP contribution in [0.2, 0.25) is 0 Å². The van der Waals surface area contributed by atoms with E-state index in [9.17, 15) is 9.59 Å². The molecule has 1 saturated heterocycles. The van der Waals surface area contributed by atoms with Crippen LogP contribution >= 0.6 is 11.3 Å². The zero-order valence-corrected chi connectivity index (χ0v) is 16.6. The second-order valence-corrected chi connectivity index (χ2v) is 7.59. The van der Waals surface area contributed by atoms with Crippen molar-refractivity contribution in [3.63, 3.8) is 0 Å². The van der Waals surface area contributed by atoms with E-state index in [0.717, 1.165) is 31.9 Å². The lowest BCUT2D eigenvalue weighted by Crippen LogP contribution is -2.43. The Morgan fingerprint density at radius 3 is 2.74 bits per heavy atom. The third kappa shape index (κ3) is 3.92. The molecular weight excluding hydrogens is 416 g/mol. The molecule has 3 N–H and O–H groups in total. The third-order valence-corrected chi connectivity index (χ3v) is 5.73. The molecule has 11 heteroatoms. The van der Waals surface area contributed by atoms with Gasteiger partial charge in [-0.3, -0.25) is 14.8 Å². The minimum absolute atomic E-state index is 0. The highest BCUT2D eigenvalue weighted by Crippen LogP contribution is 2.26. The molecule has 4 aromatic heterocycles. The lowest BCUT2D eigenvalue weighted by molar-refractivity contribution is 0.102. The number of amides is 1. The van der Waals surface area contributed by atoms with Crippen LogP contribution in [0.25, 0.3) is 16.2 Å². The number of piperazine rings is 1. The van der Waals surface area contributed by atoms with Gasteiger partial charge in [0, 0.05) is 44.0 Å². The Labute approximate surface area is 182 Å². The molecule has 0 unspecified atom stereocenters. The maximum atomic E-state index is 12.8. The molecule has 0 radical (unpaired) electrons. The lowest BCUT2D eigenvalue weighted by atomic mass is 10.2. The first kappa shape index (κ1) is 20.7. The van der Waals surface area contributed by atoms with E-state index in [2.05, 4.69) is 35.5 Å². The summed E-state index contributed by atoms with van der Waals surface area (Å²) in [6, 6.07) is 3.61. The normalized spacial score (nSPS) is 13.7. The van der Waals surface area contributed by atoms with Gasteiger partial charge in [0.1, 0.15) is 5.69 Å². The van der Waals surface area contributed by atoms with Crippen molar-refractivity contribution in [1.82, 2.24) is 29.8 Å². The quantitative estimate of drug-likeness (QED) is 0.445. The first-order valence-electron chi connectivity index (χ1n) is 9.42. The summed E-state index contributed by atoms with van der Waals surface area (Å²) in [4.78, 5) is 42.8. The summed E-state index contributed by atoms with van der Waals surface area (Å²) in [5.74, 6) is -0.354. The van der Waals surface area contributed by atoms with E-state index >= 15 is 0 Å². The Morgan fingerprint density at radius 1 is 1.13 bits per heavy atom. The van der Waals surface area contributed by atoms with Crippen molar-refractivity contribution >= 4 is 39.7 Å². The molecule has 0 aromatic carbocycles. The smallest absolute Gasteiger partial charge is 0.332 e. The number of imidazole rings is 1. The summed E-state index contributed by atoms with van der Waals surface area (Å²) < 4.78 is 1.42. The molecule has 0 bridgehead atoms. The highest BCUT2D eigenvalue weighted by Gasteiger charge is 2.19. The molecule has 1 fully saturated rings. The molecule has 1 aliphatic rings. The standard InChI is InChI=1S/C19H18N8O2S.CH4/c28-17(23-13-9-21-4-2-15(13)26-7-5-20-6-8-26)14-11-30-19(25-14)27-16-10-22-3-1-12(16)24-18(27)29;/h1-4,9-11,20H,5-8H2,(H,23,28)(H,24,29);1H4. The van der Waals surface area contributed by atoms with E-state index in [1.54, 1.807) is 36.2 Å². The Morgan fingerprint density at radius 2 is 1.90 bits per heavy atom. The Balaban J connectivity index is 0.00000231. The molecule has 5 heterocycles. The molecule has 31 heavy (non-hydrogen) atoms. The molecule has 1 amide bonds. The molecule has 10 nitrogen and oxygen atoms in total. The molecule has 0 saturated carbocycles. The summed E-state index contributed by atoms with van der Waals surface area (Å²) in [7, 11) is 0. The van der Waals surface area contributed by atoms with E-state index in [4.69, 9.17) is 0 Å². The number of rotatable bonds is 4. The van der Waals surface area contributed by atoms with Crippen LogP contribution in [0.4, 0.5) is 11.4 Å². The summed E-state index contributed by atoms with van der Waals surface area (Å²) in [5.41, 5.74) is 2.73. The maximum Gasteiger partial charge on any atom is 0.332 e. The SMILES string of the molecule is C.O=C(Nc1cnccc1N1CCNCC1)c1csc(-n2c(=O)[nH]c3ccncc32)n1. The van der Waals surface area contributed by atoms with E-state index in [-0.39, 0.29) is 24.7 Å². The van der Waals surface area contributed by atoms with Crippen molar-refractivity contribution < 1.29 is 4.79 Å². The fourth-order valence-corrected chi connectivity index (χ4v) is 4.28. The van der Waals surface area contributed by atoms with Crippen LogP contribution in [0.3, 0.4) is 0 Å². The lowest BCUT2D eigenvalue weighted by Gasteiger charge is -2.30. The van der Waals surface area contributed by atoms with E-state index < -0.39 is 0 Å². The van der Waals surface area contributed by atoms with Gasteiger partial charge in [0.2, 0.25) is 0 Å². The number of carbonyl (C=O) groups is 1. The first-order chi connectivity index (χ1) is 14.7. The largest absolute Gasteiger partial charge is 0.367 e. The van der Waals surface area contributed by atoms with Crippen LogP contribution in [0.15, 0.2) is 47.1 Å². The minimum atomic E-state index is -0.354. The van der Waals surface area contributed by atoms with Crippen LogP contribution in [-0.4, -0.2) is 56.6 Å². The number of carbonyl (C=O) groups excluding carboxylic acids is 1. The summed E-state index contributed by atoms with van der Waals surface area (Å²) in [6.07, 6.45) is 6.54. The van der Waals surface area contributed by atoms with Crippen LogP contribution in [0.5, 0.6) is 0 Å². The van der Waals surface area contributed by atoms with Gasteiger partial charge in [-0.2, -0.15) is 0 Å². The van der Waals surface area contributed by atoms with Crippen molar-refractivity contribution in [3.05, 3.63) is 58.5 Å². The number of anilines is 2. The van der Waals surface area contributed by atoms with Crippen LogP contribution in [0.1, 0.15) is 17.9 Å². The predicted molar refractivity (Wildman–Crippen MR) is 121 cm³/mol. The van der Waals surface area contributed by atoms with Crippen molar-refractivity contribution in [3.8, 4) is 5.13 Å². The number of nitrogens with one attached hydrogen (secondary N) is 3. The molecular formula is C20H22N8O2S. The zero-order chi connectivity index (χ0) is 20.5. The molecule has 5 rings (SSSR count). The number of fused-ring (bicyclic) bond motifs is 1. The number of H-pyrrole nitrogens is 1. The Hall–Kier alpha value is -3.57. The van der Waals surface area contributed by atoms with Gasteiger partial charge < -0.3 is 20.5 Å². The number of thiazole rings is 1. The molecule has 4 aromatic rings. The summed E-state index contributed by atoms with van der Waals surface area (Å²) in [5, 5.41) is 8.26. The Kier molecular flexibility index (Phi) is 5.78. The van der Waals surface area contributed by atoms with Crippen LogP contribution in [-0.2, 0) is 0 Å². The highest BCUT2D eigenvalue weighted by molar-refractivity contribution is 7.12. The fraction of sp³-hybridized carbons (Fsp3) is 0.250. The van der Waals surface area contributed by atoms with Crippen molar-refractivity contribution in [2.45, 2.75) is 7.43 Å². The van der Waals surface area contributed by atoms with Gasteiger partial charge in [-0.1, -0.05) is 7.43 Å². The second kappa shape index (κ2) is 8.66. The highest BCUT2D eigenvalue weighted by atomic mass is 32.1. The summed E-state index contributed by atoms with van der Waals surface area (Å²) >= 11 is 1.22. The molecule has 0 aliphatic carbocycles. The predicted octanol–water partition coefficient (Wildman–Crippen LogP) is 1.86. The first-order valence-corrected chi connectivity index (χ1v) is 10.3. The van der Waals surface area contributed by atoms with Gasteiger partial charge in [0.25, 0.3) is 5.91 Å². The van der Waals surface area contributed by atoms with Crippen molar-refractivity contribution in [1.29, 1.82) is 0 Å². The van der Waals surface area contributed by atoms with Gasteiger partial charge in [0.15, 0.2) is 5.13 Å². The molecule has 1 aliphatic heterocycles. The number of hydrogen-bond acceptors (Lipinski definition) is 8. The molecule has 0 spiro atoms. The van der Waals surface area contributed by atoms with Crippen LogP contribution in [0, 0.1) is 0 Å². The van der Waals surface area contributed by atoms with Gasteiger partial charge in [-0.05, 0) is 12.1 Å². The van der Waals surface area contributed by atoms with Gasteiger partial charge in [0.05, 0.1) is 34.8 Å². The third-order valence-electron chi connectivity index (χ3n) is 4.91. The number of pyridine rings is 2. The fourth-order valence-electron chi connectivity index (χ4n) is 3.46. The van der Waals surface area contributed by atoms with Crippen molar-refractivity contribution in [2.24, 2.45) is 0 Å². The number of aromatic amines is 1. The zero-order valence-electron chi connectivity index (χ0n) is 15.8. The number of aromatic nitrogens is 5. The second-order valence-electron chi connectivity index (χ2n) is 6.76. The molecule has 160 valence electrons. The number of nitrogens with zero attached hydrogens (tertiary/aromatic N) is 5. The van der Waals surface area contributed by atoms with Gasteiger partial charge in [-0.25, -0.2) is 14.3 Å². The van der Waals surface area contributed by atoms with Crippen molar-refractivity contribution in [2.75, 3.05) is 36.4 Å². The average Bonchev–Trinajstić information content (AvgIpc) is 3.38. The monoisotopic (exact) mass is 438 g/mol. The Bertz CT molecular complexity index is 1270.